The molecule has 4 aliphatic rings. The molecule has 0 aromatic rings. The van der Waals surface area contributed by atoms with Gasteiger partial charge in [0, 0.05) is 0 Å². The standard InChI is InChI=1S/C21H36O2/c1-6-20(4,5)19(22)23-21(8-7-14(2)3)17-10-15-9-16(12-17)13-18(21)11-15/h14-18H,6-13H2,1-5H3. The zero-order valence-corrected chi connectivity index (χ0v) is 15.9. The molecule has 0 saturated heterocycles. The Morgan fingerprint density at radius 1 is 1.09 bits per heavy atom. The Kier molecular flexibility index (Phi) is 4.57. The molecule has 0 amide bonds. The van der Waals surface area contributed by atoms with Gasteiger partial charge in [-0.2, -0.15) is 0 Å². The van der Waals surface area contributed by atoms with E-state index in [0.717, 1.165) is 24.7 Å². The zero-order chi connectivity index (χ0) is 16.8. The Hall–Kier alpha value is -0.530. The van der Waals surface area contributed by atoms with Crippen molar-refractivity contribution in [3.05, 3.63) is 0 Å². The van der Waals surface area contributed by atoms with Crippen LogP contribution >= 0.6 is 0 Å². The van der Waals surface area contributed by atoms with Crippen molar-refractivity contribution in [3.8, 4) is 0 Å². The third-order valence-electron chi connectivity index (χ3n) is 7.35. The Bertz CT molecular complexity index is 421. The molecule has 0 aromatic carbocycles. The summed E-state index contributed by atoms with van der Waals surface area (Å²) in [5, 5.41) is 0. The lowest BCUT2D eigenvalue weighted by Gasteiger charge is -2.60. The van der Waals surface area contributed by atoms with Gasteiger partial charge in [-0.1, -0.05) is 20.8 Å². The lowest BCUT2D eigenvalue weighted by molar-refractivity contribution is -0.220. The summed E-state index contributed by atoms with van der Waals surface area (Å²) in [6.07, 6.45) is 9.81. The molecular weight excluding hydrogens is 284 g/mol. The second-order valence-electron chi connectivity index (χ2n) is 9.82. The van der Waals surface area contributed by atoms with Crippen LogP contribution in [0.25, 0.3) is 0 Å². The quantitative estimate of drug-likeness (QED) is 0.596. The minimum atomic E-state index is -0.348. The van der Waals surface area contributed by atoms with Gasteiger partial charge in [-0.25, -0.2) is 0 Å². The molecule has 0 radical (unpaired) electrons. The summed E-state index contributed by atoms with van der Waals surface area (Å²) in [5.41, 5.74) is -0.485. The van der Waals surface area contributed by atoms with E-state index < -0.39 is 0 Å². The van der Waals surface area contributed by atoms with Crippen LogP contribution in [0, 0.1) is 35.0 Å². The first-order valence-corrected chi connectivity index (χ1v) is 10.00. The van der Waals surface area contributed by atoms with E-state index in [1.54, 1.807) is 0 Å². The van der Waals surface area contributed by atoms with Crippen LogP contribution in [0.3, 0.4) is 0 Å². The van der Waals surface area contributed by atoms with Crippen molar-refractivity contribution >= 4 is 5.97 Å². The van der Waals surface area contributed by atoms with E-state index in [9.17, 15) is 4.79 Å². The molecule has 0 aromatic heterocycles. The molecule has 2 heteroatoms. The van der Waals surface area contributed by atoms with E-state index in [-0.39, 0.29) is 17.0 Å². The average Bonchev–Trinajstić information content (AvgIpc) is 2.48. The molecule has 4 rings (SSSR count). The molecule has 0 unspecified atom stereocenters. The maximum Gasteiger partial charge on any atom is 0.312 e. The summed E-state index contributed by atoms with van der Waals surface area (Å²) < 4.78 is 6.48. The lowest BCUT2D eigenvalue weighted by atomic mass is 9.48. The van der Waals surface area contributed by atoms with Crippen LogP contribution in [0.4, 0.5) is 0 Å². The highest BCUT2D eigenvalue weighted by Gasteiger charge is 2.59. The molecule has 0 heterocycles. The van der Waals surface area contributed by atoms with E-state index in [2.05, 4.69) is 20.8 Å². The van der Waals surface area contributed by atoms with Crippen molar-refractivity contribution in [2.24, 2.45) is 35.0 Å². The largest absolute Gasteiger partial charge is 0.458 e. The van der Waals surface area contributed by atoms with Crippen molar-refractivity contribution in [2.45, 2.75) is 91.6 Å². The molecule has 4 aliphatic carbocycles. The highest BCUT2D eigenvalue weighted by atomic mass is 16.6. The van der Waals surface area contributed by atoms with E-state index in [0.29, 0.717) is 17.8 Å². The Morgan fingerprint density at radius 3 is 2.04 bits per heavy atom. The number of ether oxygens (including phenoxy) is 1. The summed E-state index contributed by atoms with van der Waals surface area (Å²) in [5.74, 6) is 3.84. The minimum Gasteiger partial charge on any atom is -0.458 e. The summed E-state index contributed by atoms with van der Waals surface area (Å²) >= 11 is 0. The highest BCUT2D eigenvalue weighted by molar-refractivity contribution is 5.76. The third-order valence-corrected chi connectivity index (χ3v) is 7.35. The molecule has 4 fully saturated rings. The normalized spacial score (nSPS) is 39.0. The fraction of sp³-hybridized carbons (Fsp3) is 0.952. The monoisotopic (exact) mass is 320 g/mol. The van der Waals surface area contributed by atoms with Crippen LogP contribution in [-0.2, 0) is 9.53 Å². The van der Waals surface area contributed by atoms with Gasteiger partial charge in [0.05, 0.1) is 5.41 Å². The maximum atomic E-state index is 12.9. The number of carbonyl (C=O) groups is 1. The molecule has 2 nitrogen and oxygen atoms in total. The predicted octanol–water partition coefficient (Wildman–Crippen LogP) is 5.60. The molecule has 4 saturated carbocycles. The average molecular weight is 321 g/mol. The smallest absolute Gasteiger partial charge is 0.312 e. The summed E-state index contributed by atoms with van der Waals surface area (Å²) in [6, 6.07) is 0. The van der Waals surface area contributed by atoms with Gasteiger partial charge in [0.15, 0.2) is 0 Å². The first-order chi connectivity index (χ1) is 10.8. The number of esters is 1. The van der Waals surface area contributed by atoms with E-state index >= 15 is 0 Å². The minimum absolute atomic E-state index is 0.0521. The van der Waals surface area contributed by atoms with Crippen LogP contribution in [0.2, 0.25) is 0 Å². The van der Waals surface area contributed by atoms with Crippen LogP contribution in [0.15, 0.2) is 0 Å². The fourth-order valence-electron chi connectivity index (χ4n) is 5.58. The van der Waals surface area contributed by atoms with Gasteiger partial charge in [-0.05, 0) is 94.8 Å². The van der Waals surface area contributed by atoms with Crippen molar-refractivity contribution in [1.82, 2.24) is 0 Å². The van der Waals surface area contributed by atoms with E-state index in [1.807, 2.05) is 13.8 Å². The summed E-state index contributed by atoms with van der Waals surface area (Å²) in [7, 11) is 0. The van der Waals surface area contributed by atoms with Crippen LogP contribution < -0.4 is 0 Å². The Labute approximate surface area is 142 Å². The number of hydrogen-bond acceptors (Lipinski definition) is 2. The molecule has 0 atom stereocenters. The summed E-state index contributed by atoms with van der Waals surface area (Å²) in [4.78, 5) is 12.9. The van der Waals surface area contributed by atoms with Crippen molar-refractivity contribution in [1.29, 1.82) is 0 Å². The second kappa shape index (κ2) is 6.08. The van der Waals surface area contributed by atoms with Gasteiger partial charge in [0.2, 0.25) is 0 Å². The molecule has 4 bridgehead atoms. The van der Waals surface area contributed by atoms with Gasteiger partial charge in [0.25, 0.3) is 0 Å². The third kappa shape index (κ3) is 3.07. The van der Waals surface area contributed by atoms with E-state index in [4.69, 9.17) is 4.74 Å². The number of rotatable bonds is 6. The molecule has 23 heavy (non-hydrogen) atoms. The van der Waals surface area contributed by atoms with Crippen LogP contribution in [-0.4, -0.2) is 11.6 Å². The van der Waals surface area contributed by atoms with Crippen molar-refractivity contribution < 1.29 is 9.53 Å². The van der Waals surface area contributed by atoms with Crippen molar-refractivity contribution in [3.63, 3.8) is 0 Å². The highest BCUT2D eigenvalue weighted by Crippen LogP contribution is 2.61. The lowest BCUT2D eigenvalue weighted by Crippen LogP contribution is -2.60. The molecular formula is C21H36O2. The molecule has 0 N–H and O–H groups in total. The first kappa shape index (κ1) is 17.3. The first-order valence-electron chi connectivity index (χ1n) is 10.00. The predicted molar refractivity (Wildman–Crippen MR) is 94.0 cm³/mol. The maximum absolute atomic E-state index is 12.9. The Morgan fingerprint density at radius 2 is 1.61 bits per heavy atom. The molecule has 0 spiro atoms. The SMILES string of the molecule is CCC(C)(C)C(=O)OC1(CCC(C)C)C2CC3CC(C2)CC1C3. The van der Waals surface area contributed by atoms with Gasteiger partial charge in [-0.15, -0.1) is 0 Å². The summed E-state index contributed by atoms with van der Waals surface area (Å²) in [6.45, 7) is 10.8. The fourth-order valence-corrected chi connectivity index (χ4v) is 5.58. The van der Waals surface area contributed by atoms with Crippen LogP contribution in [0.1, 0.15) is 86.0 Å². The van der Waals surface area contributed by atoms with Crippen LogP contribution in [0.5, 0.6) is 0 Å². The van der Waals surface area contributed by atoms with Gasteiger partial charge < -0.3 is 4.74 Å². The van der Waals surface area contributed by atoms with Gasteiger partial charge in [0.1, 0.15) is 5.60 Å². The topological polar surface area (TPSA) is 26.3 Å². The second-order valence-corrected chi connectivity index (χ2v) is 9.82. The van der Waals surface area contributed by atoms with E-state index in [1.165, 1.54) is 38.5 Å². The number of carbonyl (C=O) groups excluding carboxylic acids is 1. The van der Waals surface area contributed by atoms with Gasteiger partial charge >= 0.3 is 5.97 Å². The number of hydrogen-bond donors (Lipinski definition) is 0. The Balaban J connectivity index is 1.84. The van der Waals surface area contributed by atoms with Crippen molar-refractivity contribution in [2.75, 3.05) is 0 Å². The van der Waals surface area contributed by atoms with Gasteiger partial charge in [-0.3, -0.25) is 4.79 Å². The molecule has 0 aliphatic heterocycles. The zero-order valence-electron chi connectivity index (χ0n) is 15.9. The molecule has 132 valence electrons.